The molecule has 172 valence electrons. The average Bonchev–Trinajstić information content (AvgIpc) is 3.33. The Labute approximate surface area is 191 Å². The van der Waals surface area contributed by atoms with Crippen molar-refractivity contribution in [3.8, 4) is 11.5 Å². The molecular formula is C24H27N5O4. The standard InChI is InChI=1S/C24H27N5O4/c25-23(30)22-20(33-21-16-6-10-27-17(16)4-5-19(21)32-22)14-29-11-7-15(8-12-29)13-28-24(31)18-3-1-2-9-26-18/h1-6,9-10,15,20,22,27H,7-8,11-14H2,(H2,25,30)(H,28,31). The molecule has 0 spiro atoms. The van der Waals surface area contributed by atoms with E-state index in [1.54, 1.807) is 30.5 Å². The van der Waals surface area contributed by atoms with Crippen molar-refractivity contribution < 1.29 is 19.1 Å². The molecule has 4 heterocycles. The number of pyridine rings is 1. The number of aromatic amines is 1. The zero-order valence-corrected chi connectivity index (χ0v) is 18.2. The number of ether oxygens (including phenoxy) is 2. The molecule has 0 radical (unpaired) electrons. The highest BCUT2D eigenvalue weighted by Gasteiger charge is 2.38. The number of piperidine rings is 1. The molecule has 2 aliphatic rings. The van der Waals surface area contributed by atoms with Gasteiger partial charge < -0.3 is 25.5 Å². The zero-order valence-electron chi connectivity index (χ0n) is 18.2. The molecule has 0 aliphatic carbocycles. The molecule has 2 amide bonds. The minimum absolute atomic E-state index is 0.148. The molecular weight excluding hydrogens is 422 g/mol. The fraction of sp³-hybridized carbons (Fsp3) is 0.375. The Bertz CT molecular complexity index is 1140. The number of nitrogens with one attached hydrogen (secondary N) is 2. The van der Waals surface area contributed by atoms with Crippen LogP contribution in [0.5, 0.6) is 11.5 Å². The Hall–Kier alpha value is -3.59. The van der Waals surface area contributed by atoms with Crippen molar-refractivity contribution in [2.45, 2.75) is 25.0 Å². The molecule has 9 heteroatoms. The fourth-order valence-corrected chi connectivity index (χ4v) is 4.55. The van der Waals surface area contributed by atoms with E-state index in [-0.39, 0.29) is 5.91 Å². The fourth-order valence-electron chi connectivity index (χ4n) is 4.55. The number of nitrogens with zero attached hydrogens (tertiary/aromatic N) is 2. The third-order valence-corrected chi connectivity index (χ3v) is 6.38. The van der Waals surface area contributed by atoms with Crippen LogP contribution in [0.1, 0.15) is 23.3 Å². The van der Waals surface area contributed by atoms with Gasteiger partial charge in [-0.2, -0.15) is 0 Å². The molecule has 33 heavy (non-hydrogen) atoms. The summed E-state index contributed by atoms with van der Waals surface area (Å²) in [4.78, 5) is 33.8. The van der Waals surface area contributed by atoms with Gasteiger partial charge in [0.1, 0.15) is 5.69 Å². The van der Waals surface area contributed by atoms with E-state index >= 15 is 0 Å². The quantitative estimate of drug-likeness (QED) is 0.526. The first-order chi connectivity index (χ1) is 16.1. The van der Waals surface area contributed by atoms with Gasteiger partial charge in [-0.05, 0) is 62.2 Å². The van der Waals surface area contributed by atoms with Crippen LogP contribution in [0, 0.1) is 5.92 Å². The molecule has 2 unspecified atom stereocenters. The van der Waals surface area contributed by atoms with Gasteiger partial charge in [-0.1, -0.05) is 6.07 Å². The van der Waals surface area contributed by atoms with E-state index < -0.39 is 18.1 Å². The monoisotopic (exact) mass is 449 g/mol. The van der Waals surface area contributed by atoms with Crippen molar-refractivity contribution in [2.24, 2.45) is 11.7 Å². The Morgan fingerprint density at radius 3 is 2.76 bits per heavy atom. The molecule has 1 fully saturated rings. The number of fused-ring (bicyclic) bond motifs is 3. The summed E-state index contributed by atoms with van der Waals surface area (Å²) in [6.07, 6.45) is 4.01. The lowest BCUT2D eigenvalue weighted by Crippen LogP contribution is -2.54. The van der Waals surface area contributed by atoms with Crippen LogP contribution in [-0.2, 0) is 4.79 Å². The van der Waals surface area contributed by atoms with E-state index in [1.807, 2.05) is 18.3 Å². The summed E-state index contributed by atoms with van der Waals surface area (Å²) in [6.45, 7) is 2.85. The van der Waals surface area contributed by atoms with Gasteiger partial charge in [0, 0.05) is 36.4 Å². The number of amides is 2. The zero-order chi connectivity index (χ0) is 22.8. The Kier molecular flexibility index (Phi) is 5.87. The summed E-state index contributed by atoms with van der Waals surface area (Å²) in [5.74, 6) is 0.884. The number of rotatable bonds is 6. The van der Waals surface area contributed by atoms with Crippen LogP contribution in [0.4, 0.5) is 0 Å². The molecule has 1 aromatic carbocycles. The summed E-state index contributed by atoms with van der Waals surface area (Å²) < 4.78 is 12.2. The molecule has 4 N–H and O–H groups in total. The molecule has 2 aromatic heterocycles. The molecule has 0 bridgehead atoms. The summed E-state index contributed by atoms with van der Waals surface area (Å²) in [7, 11) is 0. The van der Waals surface area contributed by atoms with Gasteiger partial charge in [-0.3, -0.25) is 19.5 Å². The van der Waals surface area contributed by atoms with E-state index in [9.17, 15) is 9.59 Å². The SMILES string of the molecule is NC(=O)C1Oc2ccc3[nH]ccc3c2OC1CN1CCC(CNC(=O)c2ccccn2)CC1. The van der Waals surface area contributed by atoms with Crippen molar-refractivity contribution >= 4 is 22.7 Å². The largest absolute Gasteiger partial charge is 0.480 e. The van der Waals surface area contributed by atoms with Gasteiger partial charge in [0.2, 0.25) is 6.10 Å². The summed E-state index contributed by atoms with van der Waals surface area (Å²) in [5, 5.41) is 3.90. The van der Waals surface area contributed by atoms with E-state index in [2.05, 4.69) is 20.2 Å². The smallest absolute Gasteiger partial charge is 0.269 e. The lowest BCUT2D eigenvalue weighted by molar-refractivity contribution is -0.131. The average molecular weight is 450 g/mol. The van der Waals surface area contributed by atoms with Crippen LogP contribution >= 0.6 is 0 Å². The first-order valence-electron chi connectivity index (χ1n) is 11.2. The van der Waals surface area contributed by atoms with Gasteiger partial charge >= 0.3 is 0 Å². The van der Waals surface area contributed by atoms with Gasteiger partial charge in [0.25, 0.3) is 11.8 Å². The van der Waals surface area contributed by atoms with Crippen molar-refractivity contribution in [2.75, 3.05) is 26.2 Å². The van der Waals surface area contributed by atoms with Crippen molar-refractivity contribution in [3.05, 3.63) is 54.5 Å². The molecule has 2 aliphatic heterocycles. The van der Waals surface area contributed by atoms with E-state index in [1.165, 1.54) is 0 Å². The second-order valence-corrected chi connectivity index (χ2v) is 8.60. The number of nitrogens with two attached hydrogens (primary N) is 1. The number of aromatic nitrogens is 2. The van der Waals surface area contributed by atoms with Gasteiger partial charge in [-0.15, -0.1) is 0 Å². The normalized spacial score (nSPS) is 21.1. The van der Waals surface area contributed by atoms with Crippen LogP contribution in [0.25, 0.3) is 10.9 Å². The van der Waals surface area contributed by atoms with Crippen LogP contribution in [-0.4, -0.2) is 65.1 Å². The first kappa shape index (κ1) is 21.3. The van der Waals surface area contributed by atoms with E-state index in [0.717, 1.165) is 36.8 Å². The number of carbonyl (C=O) groups excluding carboxylic acids is 2. The molecule has 1 saturated heterocycles. The molecule has 0 saturated carbocycles. The highest BCUT2D eigenvalue weighted by atomic mass is 16.6. The van der Waals surface area contributed by atoms with Crippen LogP contribution in [0.15, 0.2) is 48.8 Å². The lowest BCUT2D eigenvalue weighted by atomic mass is 9.96. The lowest BCUT2D eigenvalue weighted by Gasteiger charge is -2.38. The van der Waals surface area contributed by atoms with Crippen LogP contribution in [0.3, 0.4) is 0 Å². The maximum atomic E-state index is 12.2. The molecule has 5 rings (SSSR count). The number of benzene rings is 1. The highest BCUT2D eigenvalue weighted by molar-refractivity contribution is 5.92. The number of hydrogen-bond acceptors (Lipinski definition) is 6. The van der Waals surface area contributed by atoms with Gasteiger partial charge in [-0.25, -0.2) is 0 Å². The van der Waals surface area contributed by atoms with Gasteiger partial charge in [0.05, 0.1) is 0 Å². The predicted molar refractivity (Wildman–Crippen MR) is 122 cm³/mol. The Balaban J connectivity index is 1.18. The third kappa shape index (κ3) is 4.49. The third-order valence-electron chi connectivity index (χ3n) is 6.38. The van der Waals surface area contributed by atoms with Crippen LogP contribution < -0.4 is 20.5 Å². The van der Waals surface area contributed by atoms with Crippen molar-refractivity contribution in [1.82, 2.24) is 20.2 Å². The van der Waals surface area contributed by atoms with Crippen molar-refractivity contribution in [3.63, 3.8) is 0 Å². The second kappa shape index (κ2) is 9.11. The minimum atomic E-state index is -0.843. The molecule has 2 atom stereocenters. The maximum Gasteiger partial charge on any atom is 0.269 e. The Morgan fingerprint density at radius 2 is 2.00 bits per heavy atom. The number of hydrogen-bond donors (Lipinski definition) is 3. The topological polar surface area (TPSA) is 123 Å². The summed E-state index contributed by atoms with van der Waals surface area (Å²) >= 11 is 0. The number of carbonyl (C=O) groups is 2. The maximum absolute atomic E-state index is 12.2. The molecule has 9 nitrogen and oxygen atoms in total. The van der Waals surface area contributed by atoms with E-state index in [4.69, 9.17) is 15.2 Å². The van der Waals surface area contributed by atoms with Crippen LogP contribution in [0.2, 0.25) is 0 Å². The summed E-state index contributed by atoms with van der Waals surface area (Å²) in [5.41, 5.74) is 7.01. The highest BCUT2D eigenvalue weighted by Crippen LogP contribution is 2.40. The minimum Gasteiger partial charge on any atom is -0.480 e. The van der Waals surface area contributed by atoms with Crippen molar-refractivity contribution in [1.29, 1.82) is 0 Å². The van der Waals surface area contributed by atoms with E-state index in [0.29, 0.717) is 36.2 Å². The second-order valence-electron chi connectivity index (χ2n) is 8.60. The predicted octanol–water partition coefficient (Wildman–Crippen LogP) is 1.70. The number of likely N-dealkylation sites (tertiary alicyclic amines) is 1. The first-order valence-corrected chi connectivity index (χ1v) is 11.2. The van der Waals surface area contributed by atoms with Gasteiger partial charge in [0.15, 0.2) is 17.6 Å². The molecule has 3 aromatic rings. The Morgan fingerprint density at radius 1 is 1.15 bits per heavy atom. The number of H-pyrrole nitrogens is 1. The summed E-state index contributed by atoms with van der Waals surface area (Å²) in [6, 6.07) is 10.9. The number of primary amides is 1.